The molecule has 5 nitrogen and oxygen atoms in total. The quantitative estimate of drug-likeness (QED) is 0.458. The molecule has 0 aliphatic carbocycles. The van der Waals surface area contributed by atoms with Crippen LogP contribution in [0.25, 0.3) is 6.08 Å². The van der Waals surface area contributed by atoms with E-state index in [2.05, 4.69) is 29.8 Å². The summed E-state index contributed by atoms with van der Waals surface area (Å²) in [5.41, 5.74) is 2.52. The minimum absolute atomic E-state index is 0.138. The van der Waals surface area contributed by atoms with Gasteiger partial charge in [0.25, 0.3) is 11.1 Å². The Kier molecular flexibility index (Phi) is 7.16. The van der Waals surface area contributed by atoms with Gasteiger partial charge in [0, 0.05) is 10.0 Å². The third-order valence-electron chi connectivity index (χ3n) is 4.58. The molecule has 158 valence electrons. The molecule has 0 unspecified atom stereocenters. The fraction of sp³-hybridized carbons (Fsp3) is 0.273. The predicted molar refractivity (Wildman–Crippen MR) is 124 cm³/mol. The van der Waals surface area contributed by atoms with Gasteiger partial charge in [-0.1, -0.05) is 53.5 Å². The fourth-order valence-electron chi connectivity index (χ4n) is 3.02. The Hall–Kier alpha value is -1.96. The van der Waals surface area contributed by atoms with Crippen LogP contribution in [0.3, 0.4) is 0 Å². The SMILES string of the molecule is Cc1ccc(C(C)C)c(OCCN2C(=O)S/C(=C\c3cc(Br)cc(Cl)c3O)C2=O)c1. The molecule has 8 heteroatoms. The zero-order valence-electron chi connectivity index (χ0n) is 16.7. The van der Waals surface area contributed by atoms with Crippen LogP contribution in [-0.2, 0) is 4.79 Å². The number of aromatic hydroxyl groups is 1. The van der Waals surface area contributed by atoms with E-state index in [1.165, 1.54) is 6.08 Å². The molecule has 0 spiro atoms. The van der Waals surface area contributed by atoms with Crippen LogP contribution in [0, 0.1) is 6.92 Å². The van der Waals surface area contributed by atoms with Gasteiger partial charge in [0.05, 0.1) is 16.5 Å². The number of thioether (sulfide) groups is 1. The first-order valence-electron chi connectivity index (χ1n) is 9.34. The standard InChI is InChI=1S/C22H21BrClNO4S/c1-12(2)16-5-4-13(3)8-18(16)29-7-6-25-21(27)19(30-22(25)28)10-14-9-15(23)11-17(24)20(14)26/h4-5,8-12,26H,6-7H2,1-3H3/b19-10-. The molecule has 30 heavy (non-hydrogen) atoms. The number of benzene rings is 2. The summed E-state index contributed by atoms with van der Waals surface area (Å²) in [6.07, 6.45) is 1.47. The molecule has 2 aromatic rings. The normalized spacial score (nSPS) is 15.5. The third kappa shape index (κ3) is 5.02. The van der Waals surface area contributed by atoms with E-state index < -0.39 is 5.91 Å². The van der Waals surface area contributed by atoms with E-state index in [1.54, 1.807) is 12.1 Å². The highest BCUT2D eigenvalue weighted by Crippen LogP contribution is 2.37. The van der Waals surface area contributed by atoms with Gasteiger partial charge in [-0.2, -0.15) is 0 Å². The van der Waals surface area contributed by atoms with E-state index in [4.69, 9.17) is 16.3 Å². The summed E-state index contributed by atoms with van der Waals surface area (Å²) in [6.45, 7) is 6.49. The molecule has 1 fully saturated rings. The van der Waals surface area contributed by atoms with Crippen LogP contribution in [0.5, 0.6) is 11.5 Å². The van der Waals surface area contributed by atoms with Crippen molar-refractivity contribution in [1.82, 2.24) is 4.90 Å². The first-order valence-corrected chi connectivity index (χ1v) is 11.3. The minimum Gasteiger partial charge on any atom is -0.506 e. The number of aryl methyl sites for hydroxylation is 1. The van der Waals surface area contributed by atoms with Gasteiger partial charge in [-0.15, -0.1) is 0 Å². The number of halogens is 2. The molecule has 1 N–H and O–H groups in total. The van der Waals surface area contributed by atoms with Crippen molar-refractivity contribution in [2.45, 2.75) is 26.7 Å². The molecule has 1 heterocycles. The molecule has 1 saturated heterocycles. The van der Waals surface area contributed by atoms with Crippen molar-refractivity contribution in [3.63, 3.8) is 0 Å². The molecule has 1 aliphatic rings. The van der Waals surface area contributed by atoms with E-state index in [0.717, 1.165) is 33.5 Å². The molecule has 0 radical (unpaired) electrons. The highest BCUT2D eigenvalue weighted by molar-refractivity contribution is 9.10. The lowest BCUT2D eigenvalue weighted by atomic mass is 10.0. The number of hydrogen-bond donors (Lipinski definition) is 1. The highest BCUT2D eigenvalue weighted by Gasteiger charge is 2.35. The van der Waals surface area contributed by atoms with Gasteiger partial charge in [0.2, 0.25) is 0 Å². The summed E-state index contributed by atoms with van der Waals surface area (Å²) >= 11 is 10.1. The van der Waals surface area contributed by atoms with E-state index in [9.17, 15) is 14.7 Å². The number of phenolic OH excluding ortho intramolecular Hbond substituents is 1. The molecule has 2 amide bonds. The van der Waals surface area contributed by atoms with Gasteiger partial charge in [-0.3, -0.25) is 14.5 Å². The van der Waals surface area contributed by atoms with Gasteiger partial charge in [-0.25, -0.2) is 0 Å². The average molecular weight is 511 g/mol. The zero-order chi connectivity index (χ0) is 22.0. The van der Waals surface area contributed by atoms with Gasteiger partial charge >= 0.3 is 0 Å². The summed E-state index contributed by atoms with van der Waals surface area (Å²) < 4.78 is 6.56. The van der Waals surface area contributed by atoms with Crippen LogP contribution < -0.4 is 4.74 Å². The number of nitrogens with zero attached hydrogens (tertiary/aromatic N) is 1. The van der Waals surface area contributed by atoms with Crippen molar-refractivity contribution in [2.75, 3.05) is 13.2 Å². The Morgan fingerprint density at radius 3 is 2.70 bits per heavy atom. The second-order valence-corrected chi connectivity index (χ2v) is 9.52. The molecule has 0 atom stereocenters. The molecular formula is C22H21BrClNO4S. The summed E-state index contributed by atoms with van der Waals surface area (Å²) in [5, 5.41) is 9.91. The summed E-state index contributed by atoms with van der Waals surface area (Å²) in [7, 11) is 0. The van der Waals surface area contributed by atoms with Crippen molar-refractivity contribution >= 4 is 56.5 Å². The van der Waals surface area contributed by atoms with E-state index in [0.29, 0.717) is 16.0 Å². The Balaban J connectivity index is 1.72. The van der Waals surface area contributed by atoms with Crippen molar-refractivity contribution in [3.05, 3.63) is 61.4 Å². The van der Waals surface area contributed by atoms with Gasteiger partial charge in [-0.05, 0) is 60.0 Å². The first kappa shape index (κ1) is 22.7. The summed E-state index contributed by atoms with van der Waals surface area (Å²) in [4.78, 5) is 26.4. The molecule has 3 rings (SSSR count). The van der Waals surface area contributed by atoms with Crippen LogP contribution in [0.4, 0.5) is 4.79 Å². The largest absolute Gasteiger partial charge is 0.506 e. The number of hydrogen-bond acceptors (Lipinski definition) is 5. The lowest BCUT2D eigenvalue weighted by Crippen LogP contribution is -2.32. The van der Waals surface area contributed by atoms with Crippen LogP contribution in [-0.4, -0.2) is 34.3 Å². The predicted octanol–water partition coefficient (Wildman–Crippen LogP) is 6.36. The smallest absolute Gasteiger partial charge is 0.293 e. The maximum atomic E-state index is 12.7. The van der Waals surface area contributed by atoms with Crippen LogP contribution in [0.2, 0.25) is 5.02 Å². The van der Waals surface area contributed by atoms with Crippen LogP contribution in [0.15, 0.2) is 39.7 Å². The van der Waals surface area contributed by atoms with Crippen molar-refractivity contribution in [3.8, 4) is 11.5 Å². The Morgan fingerprint density at radius 1 is 1.27 bits per heavy atom. The Morgan fingerprint density at radius 2 is 2.00 bits per heavy atom. The summed E-state index contributed by atoms with van der Waals surface area (Å²) in [6, 6.07) is 9.21. The second-order valence-electron chi connectivity index (χ2n) is 7.20. The van der Waals surface area contributed by atoms with Crippen LogP contribution >= 0.6 is 39.3 Å². The zero-order valence-corrected chi connectivity index (χ0v) is 19.9. The molecular weight excluding hydrogens is 490 g/mol. The Labute approximate surface area is 193 Å². The maximum absolute atomic E-state index is 12.7. The molecule has 2 aromatic carbocycles. The summed E-state index contributed by atoms with van der Waals surface area (Å²) in [5.74, 6) is 0.500. The van der Waals surface area contributed by atoms with Gasteiger partial charge < -0.3 is 9.84 Å². The average Bonchev–Trinajstić information content (AvgIpc) is 2.93. The van der Waals surface area contributed by atoms with Crippen molar-refractivity contribution in [1.29, 1.82) is 0 Å². The number of rotatable bonds is 6. The van der Waals surface area contributed by atoms with Crippen LogP contribution in [0.1, 0.15) is 36.5 Å². The highest BCUT2D eigenvalue weighted by atomic mass is 79.9. The molecule has 0 bridgehead atoms. The Bertz CT molecular complexity index is 1040. The van der Waals surface area contributed by atoms with Gasteiger partial charge in [0.15, 0.2) is 0 Å². The number of amides is 2. The molecule has 1 aliphatic heterocycles. The first-order chi connectivity index (χ1) is 14.2. The van der Waals surface area contributed by atoms with Crippen molar-refractivity contribution in [2.24, 2.45) is 0 Å². The lowest BCUT2D eigenvalue weighted by Gasteiger charge is -2.17. The second kappa shape index (κ2) is 9.45. The number of carbonyl (C=O) groups is 2. The maximum Gasteiger partial charge on any atom is 0.293 e. The number of carbonyl (C=O) groups excluding carboxylic acids is 2. The van der Waals surface area contributed by atoms with Gasteiger partial charge in [0.1, 0.15) is 18.1 Å². The van der Waals surface area contributed by atoms with Crippen molar-refractivity contribution < 1.29 is 19.4 Å². The van der Waals surface area contributed by atoms with E-state index in [1.807, 2.05) is 25.1 Å². The number of phenols is 1. The third-order valence-corrected chi connectivity index (χ3v) is 6.23. The van der Waals surface area contributed by atoms with E-state index in [-0.39, 0.29) is 34.1 Å². The molecule has 0 saturated carbocycles. The molecule has 0 aromatic heterocycles. The minimum atomic E-state index is -0.419. The fourth-order valence-corrected chi connectivity index (χ4v) is 4.71. The van der Waals surface area contributed by atoms with E-state index >= 15 is 0 Å². The lowest BCUT2D eigenvalue weighted by molar-refractivity contribution is -0.123. The topological polar surface area (TPSA) is 66.8 Å². The monoisotopic (exact) mass is 509 g/mol. The number of imide groups is 1. The number of ether oxygens (including phenoxy) is 1.